The van der Waals surface area contributed by atoms with E-state index in [1.54, 1.807) is 0 Å². The maximum absolute atomic E-state index is 13.5. The van der Waals surface area contributed by atoms with Crippen LogP contribution in [0, 0.1) is 0 Å². The Labute approximate surface area is 588 Å². The van der Waals surface area contributed by atoms with E-state index in [4.69, 9.17) is 28.4 Å². The number of hydrogen-bond acceptors (Lipinski definition) is 18. The summed E-state index contributed by atoms with van der Waals surface area (Å²) in [5, 5.41) is 121. The maximum atomic E-state index is 13.5. The third-order valence-corrected chi connectivity index (χ3v) is 20.6. The SMILES string of the molecule is CCCCCCCCCC/C=C\CCCCCCCCCCCCCCCCCC(=O)NC(COC1OC(CO)C(OC2OC(CO)C(OC3OC(CO)C(O)C(O)C3O)C(O)C2O)C(O)C1O)C(O)CCCCCCCCCCCCCCCCCCCCCCCCCCC. The van der Waals surface area contributed by atoms with Crippen LogP contribution in [0.15, 0.2) is 12.2 Å². The van der Waals surface area contributed by atoms with Gasteiger partial charge < -0.3 is 89.9 Å². The Bertz CT molecular complexity index is 1800. The smallest absolute Gasteiger partial charge is 0.220 e. The fourth-order valence-electron chi connectivity index (χ4n) is 14.1. The topological polar surface area (TPSA) is 307 Å². The molecule has 17 atom stereocenters. The van der Waals surface area contributed by atoms with Crippen molar-refractivity contribution in [3.63, 3.8) is 0 Å². The van der Waals surface area contributed by atoms with Crippen molar-refractivity contribution in [2.45, 2.75) is 452 Å². The van der Waals surface area contributed by atoms with Crippen LogP contribution in [0.4, 0.5) is 0 Å². The molecule has 0 spiro atoms. The van der Waals surface area contributed by atoms with Crippen molar-refractivity contribution in [2.24, 2.45) is 0 Å². The summed E-state index contributed by atoms with van der Waals surface area (Å²) in [7, 11) is 0. The molecule has 3 heterocycles. The molecule has 3 rings (SSSR count). The standard InChI is InChI=1S/C78H149NO18/c1-3-5-7-9-11-13-15-17-19-21-23-25-27-29-30-32-34-36-38-40-42-44-46-48-50-52-54-56-66(84)79-61(62(83)55-53-51-49-47-45-43-41-39-37-35-33-31-28-26-24-22-20-18-16-14-12-10-8-6-4-2)60-92-76-72(90)69(87)74(64(58-81)94-76)97-78-73(91)70(88)75(65(59-82)95-78)96-77-71(89)68(86)67(85)63(57-80)93-77/h21,23,61-65,67-78,80-83,85-91H,3-20,22,24-60H2,1-2H3,(H,79,84)/b23-21-. The van der Waals surface area contributed by atoms with Gasteiger partial charge in [0.25, 0.3) is 0 Å². The Hall–Kier alpha value is -1.47. The zero-order valence-electron chi connectivity index (χ0n) is 61.3. The van der Waals surface area contributed by atoms with E-state index in [1.165, 1.54) is 270 Å². The van der Waals surface area contributed by atoms with Crippen molar-refractivity contribution in [1.82, 2.24) is 5.32 Å². The van der Waals surface area contributed by atoms with Crippen LogP contribution in [0.5, 0.6) is 0 Å². The van der Waals surface area contributed by atoms with Crippen molar-refractivity contribution in [1.29, 1.82) is 0 Å². The Morgan fingerprint density at radius 2 is 0.649 bits per heavy atom. The van der Waals surface area contributed by atoms with E-state index >= 15 is 0 Å². The van der Waals surface area contributed by atoms with Gasteiger partial charge in [-0.3, -0.25) is 4.79 Å². The van der Waals surface area contributed by atoms with Gasteiger partial charge in [0.1, 0.15) is 73.2 Å². The molecule has 3 fully saturated rings. The van der Waals surface area contributed by atoms with Crippen LogP contribution in [0.3, 0.4) is 0 Å². The van der Waals surface area contributed by atoms with Crippen molar-refractivity contribution >= 4 is 5.91 Å². The number of carbonyl (C=O) groups is 1. The molecule has 19 heteroatoms. The van der Waals surface area contributed by atoms with Crippen LogP contribution >= 0.6 is 0 Å². The second kappa shape index (κ2) is 59.9. The summed E-state index contributed by atoms with van der Waals surface area (Å²) in [5.74, 6) is -0.235. The first-order chi connectivity index (χ1) is 47.3. The number of ether oxygens (including phenoxy) is 6. The van der Waals surface area contributed by atoms with Crippen molar-refractivity contribution in [3.05, 3.63) is 12.2 Å². The van der Waals surface area contributed by atoms with E-state index in [9.17, 15) is 61.0 Å². The van der Waals surface area contributed by atoms with Crippen LogP contribution in [0.2, 0.25) is 0 Å². The van der Waals surface area contributed by atoms with Crippen LogP contribution in [-0.2, 0) is 33.2 Å². The number of carbonyl (C=O) groups excluding carboxylic acids is 1. The summed E-state index contributed by atoms with van der Waals surface area (Å²) in [6, 6.07) is -0.885. The van der Waals surface area contributed by atoms with Gasteiger partial charge in [0, 0.05) is 6.42 Å². The monoisotopic (exact) mass is 1390 g/mol. The summed E-state index contributed by atoms with van der Waals surface area (Å²) in [4.78, 5) is 13.5. The summed E-state index contributed by atoms with van der Waals surface area (Å²) in [6.45, 7) is 1.86. The Morgan fingerprint density at radius 1 is 0.361 bits per heavy atom. The molecule has 17 unspecified atom stereocenters. The lowest BCUT2D eigenvalue weighted by Gasteiger charge is -2.48. The van der Waals surface area contributed by atoms with Crippen LogP contribution in [0.1, 0.15) is 348 Å². The zero-order valence-corrected chi connectivity index (χ0v) is 61.3. The molecule has 19 nitrogen and oxygen atoms in total. The Kier molecular flexibility index (Phi) is 55.4. The third-order valence-electron chi connectivity index (χ3n) is 20.6. The highest BCUT2D eigenvalue weighted by Crippen LogP contribution is 2.33. The largest absolute Gasteiger partial charge is 0.394 e. The second-order valence-electron chi connectivity index (χ2n) is 29.2. The van der Waals surface area contributed by atoms with Crippen molar-refractivity contribution < 1.29 is 89.4 Å². The molecule has 0 aromatic carbocycles. The van der Waals surface area contributed by atoms with E-state index < -0.39 is 124 Å². The van der Waals surface area contributed by atoms with Gasteiger partial charge in [-0.1, -0.05) is 315 Å². The molecular weight excluding hydrogens is 1240 g/mol. The molecule has 0 aromatic heterocycles. The molecule has 12 N–H and O–H groups in total. The second-order valence-corrected chi connectivity index (χ2v) is 29.2. The highest BCUT2D eigenvalue weighted by molar-refractivity contribution is 5.76. The molecule has 0 aliphatic carbocycles. The average Bonchev–Trinajstić information content (AvgIpc) is 0.790. The minimum atomic E-state index is -1.97. The molecule has 1 amide bonds. The van der Waals surface area contributed by atoms with Crippen LogP contribution < -0.4 is 5.32 Å². The van der Waals surface area contributed by atoms with Gasteiger partial charge in [0.15, 0.2) is 18.9 Å². The minimum Gasteiger partial charge on any atom is -0.394 e. The number of rotatable bonds is 65. The number of amides is 1. The van der Waals surface area contributed by atoms with Gasteiger partial charge >= 0.3 is 0 Å². The molecule has 3 aliphatic rings. The Morgan fingerprint density at radius 3 is 1.00 bits per heavy atom. The maximum Gasteiger partial charge on any atom is 0.220 e. The fourth-order valence-corrected chi connectivity index (χ4v) is 14.1. The summed E-state index contributed by atoms with van der Waals surface area (Å²) in [5.41, 5.74) is 0. The normalized spacial score (nSPS) is 26.9. The number of hydrogen-bond donors (Lipinski definition) is 12. The van der Waals surface area contributed by atoms with Crippen LogP contribution in [-0.4, -0.2) is 193 Å². The first-order valence-electron chi connectivity index (χ1n) is 40.4. The predicted molar refractivity (Wildman–Crippen MR) is 383 cm³/mol. The van der Waals surface area contributed by atoms with Crippen molar-refractivity contribution in [3.8, 4) is 0 Å². The molecular formula is C78H149NO18. The van der Waals surface area contributed by atoms with Gasteiger partial charge in [0.2, 0.25) is 5.91 Å². The van der Waals surface area contributed by atoms with E-state index in [2.05, 4.69) is 31.3 Å². The quantitative estimate of drug-likeness (QED) is 0.0199. The molecule has 0 aromatic rings. The van der Waals surface area contributed by atoms with Gasteiger partial charge in [-0.2, -0.15) is 0 Å². The van der Waals surface area contributed by atoms with Gasteiger partial charge in [-0.05, 0) is 38.5 Å². The van der Waals surface area contributed by atoms with Gasteiger partial charge in [-0.15, -0.1) is 0 Å². The summed E-state index contributed by atoms with van der Waals surface area (Å²) >= 11 is 0. The number of allylic oxidation sites excluding steroid dienone is 2. The van der Waals surface area contributed by atoms with Gasteiger partial charge in [0.05, 0.1) is 38.6 Å². The minimum absolute atomic E-state index is 0.235. The van der Waals surface area contributed by atoms with E-state index in [0.29, 0.717) is 12.8 Å². The lowest BCUT2D eigenvalue weighted by molar-refractivity contribution is -0.379. The molecule has 0 saturated carbocycles. The first kappa shape index (κ1) is 89.7. The number of aliphatic hydroxyl groups excluding tert-OH is 11. The summed E-state index contributed by atoms with van der Waals surface area (Å²) in [6.07, 6.45) is 43.0. The average molecular weight is 1390 g/mol. The first-order valence-corrected chi connectivity index (χ1v) is 40.4. The molecule has 3 saturated heterocycles. The number of unbranched alkanes of at least 4 members (excludes halogenated alkanes) is 47. The predicted octanol–water partition coefficient (Wildman–Crippen LogP) is 13.2. The fraction of sp³-hybridized carbons (Fsp3) is 0.962. The Balaban J connectivity index is 1.37. The lowest BCUT2D eigenvalue weighted by Crippen LogP contribution is -2.66. The third kappa shape index (κ3) is 40.4. The number of nitrogens with one attached hydrogen (secondary N) is 1. The van der Waals surface area contributed by atoms with E-state index in [0.717, 1.165) is 44.9 Å². The number of aliphatic hydroxyl groups is 11. The molecule has 0 radical (unpaired) electrons. The zero-order chi connectivity index (χ0) is 70.4. The molecule has 97 heavy (non-hydrogen) atoms. The van der Waals surface area contributed by atoms with Crippen molar-refractivity contribution in [2.75, 3.05) is 26.4 Å². The summed E-state index contributed by atoms with van der Waals surface area (Å²) < 4.78 is 34.5. The van der Waals surface area contributed by atoms with E-state index in [-0.39, 0.29) is 18.9 Å². The molecule has 574 valence electrons. The lowest BCUT2D eigenvalue weighted by atomic mass is 9.96. The highest BCUT2D eigenvalue weighted by atomic mass is 16.8. The highest BCUT2D eigenvalue weighted by Gasteiger charge is 2.54. The van der Waals surface area contributed by atoms with Gasteiger partial charge in [-0.25, -0.2) is 0 Å². The van der Waals surface area contributed by atoms with Crippen LogP contribution in [0.25, 0.3) is 0 Å². The van der Waals surface area contributed by atoms with E-state index in [1.807, 2.05) is 0 Å². The molecule has 3 aliphatic heterocycles. The molecule has 0 bridgehead atoms.